The Balaban J connectivity index is 1.40. The first kappa shape index (κ1) is 23.4. The second kappa shape index (κ2) is 10.1. The fourth-order valence-electron chi connectivity index (χ4n) is 4.60. The number of aliphatic hydroxyl groups is 1. The first-order valence-corrected chi connectivity index (χ1v) is 11.6. The van der Waals surface area contributed by atoms with Gasteiger partial charge in [0.2, 0.25) is 11.8 Å². The number of hydrogen-bond donors (Lipinski definition) is 2. The molecule has 0 amide bonds. The van der Waals surface area contributed by atoms with Crippen LogP contribution >= 0.6 is 0 Å². The molecule has 0 bridgehead atoms. The Kier molecular flexibility index (Phi) is 6.73. The summed E-state index contributed by atoms with van der Waals surface area (Å²) in [7, 11) is 1.55. The number of aliphatic hydroxyl groups excluding tert-OH is 1. The minimum Gasteiger partial charge on any atom is -0.479 e. The standard InChI is InChI=1S/C23H27F2N7O3/c1-34-22-21-17(14-2-7-18-19(12-14)32(30-28-18)13-20(24)25)8-9-31(21)29-23(27-22)26-15-3-5-16(6-4-15)35-11-10-33/h2,7-9,12,15-16,20,33H,3-6,10-11,13H2,1H3,(H,26,29). The van der Waals surface area contributed by atoms with E-state index in [1.165, 1.54) is 4.68 Å². The lowest BCUT2D eigenvalue weighted by atomic mass is 9.93. The molecule has 1 aromatic carbocycles. The third-order valence-electron chi connectivity index (χ3n) is 6.26. The van der Waals surface area contributed by atoms with Crippen molar-refractivity contribution in [3.63, 3.8) is 0 Å². The van der Waals surface area contributed by atoms with Gasteiger partial charge in [-0.15, -0.1) is 10.2 Å². The number of nitrogens with zero attached hydrogens (tertiary/aromatic N) is 6. The molecule has 1 saturated carbocycles. The van der Waals surface area contributed by atoms with Crippen molar-refractivity contribution in [2.45, 2.75) is 50.8 Å². The van der Waals surface area contributed by atoms with E-state index in [1.807, 2.05) is 18.3 Å². The summed E-state index contributed by atoms with van der Waals surface area (Å²) in [5.41, 5.74) is 3.35. The van der Waals surface area contributed by atoms with Crippen molar-refractivity contribution in [3.05, 3.63) is 30.5 Å². The number of rotatable bonds is 9. The van der Waals surface area contributed by atoms with Crippen molar-refractivity contribution in [2.24, 2.45) is 0 Å². The van der Waals surface area contributed by atoms with Crippen LogP contribution in [0.3, 0.4) is 0 Å². The Labute approximate surface area is 199 Å². The molecule has 186 valence electrons. The van der Waals surface area contributed by atoms with Crippen LogP contribution in [0.25, 0.3) is 27.7 Å². The molecule has 0 saturated heterocycles. The summed E-state index contributed by atoms with van der Waals surface area (Å²) >= 11 is 0. The van der Waals surface area contributed by atoms with Gasteiger partial charge in [-0.3, -0.25) is 0 Å². The van der Waals surface area contributed by atoms with Crippen LogP contribution in [0.4, 0.5) is 14.7 Å². The summed E-state index contributed by atoms with van der Waals surface area (Å²) in [5, 5.41) is 24.8. The SMILES string of the molecule is COc1nc(NC2CCC(OCCO)CC2)nn2ccc(-c3ccc4nnn(CC(F)F)c4c3)c12. The molecule has 1 aliphatic carbocycles. The minimum absolute atomic E-state index is 0.0365. The average Bonchev–Trinajstić information content (AvgIpc) is 3.46. The van der Waals surface area contributed by atoms with Crippen LogP contribution in [-0.2, 0) is 11.3 Å². The van der Waals surface area contributed by atoms with E-state index in [0.29, 0.717) is 35.0 Å². The molecule has 12 heteroatoms. The highest BCUT2D eigenvalue weighted by molar-refractivity contribution is 5.89. The number of nitrogens with one attached hydrogen (secondary N) is 1. The summed E-state index contributed by atoms with van der Waals surface area (Å²) in [5.74, 6) is 0.868. The number of ether oxygens (including phenoxy) is 2. The van der Waals surface area contributed by atoms with Crippen molar-refractivity contribution < 1.29 is 23.4 Å². The summed E-state index contributed by atoms with van der Waals surface area (Å²) in [6.07, 6.45) is 3.11. The Morgan fingerprint density at radius 2 is 2.03 bits per heavy atom. The fraction of sp³-hybridized carbons (Fsp3) is 0.478. The molecule has 5 rings (SSSR count). The van der Waals surface area contributed by atoms with Gasteiger partial charge in [-0.1, -0.05) is 11.3 Å². The van der Waals surface area contributed by atoms with Gasteiger partial charge in [0.1, 0.15) is 17.6 Å². The average molecular weight is 488 g/mol. The largest absolute Gasteiger partial charge is 0.479 e. The Morgan fingerprint density at radius 3 is 2.77 bits per heavy atom. The highest BCUT2D eigenvalue weighted by Gasteiger charge is 2.23. The van der Waals surface area contributed by atoms with Gasteiger partial charge in [-0.05, 0) is 49.4 Å². The predicted octanol–water partition coefficient (Wildman–Crippen LogP) is 3.15. The number of methoxy groups -OCH3 is 1. The van der Waals surface area contributed by atoms with Crippen LogP contribution in [0.1, 0.15) is 25.7 Å². The predicted molar refractivity (Wildman–Crippen MR) is 125 cm³/mol. The molecular weight excluding hydrogens is 460 g/mol. The third kappa shape index (κ3) is 4.89. The molecule has 0 radical (unpaired) electrons. The topological polar surface area (TPSA) is 112 Å². The molecule has 1 aliphatic rings. The van der Waals surface area contributed by atoms with Crippen molar-refractivity contribution >= 4 is 22.5 Å². The monoisotopic (exact) mass is 487 g/mol. The molecule has 3 heterocycles. The molecule has 1 fully saturated rings. The number of fused-ring (bicyclic) bond motifs is 2. The minimum atomic E-state index is -2.53. The highest BCUT2D eigenvalue weighted by atomic mass is 19.3. The van der Waals surface area contributed by atoms with Gasteiger partial charge in [0.25, 0.3) is 6.43 Å². The van der Waals surface area contributed by atoms with Gasteiger partial charge in [0.05, 0.1) is 31.9 Å². The van der Waals surface area contributed by atoms with Gasteiger partial charge < -0.3 is 19.9 Å². The zero-order chi connectivity index (χ0) is 24.4. The van der Waals surface area contributed by atoms with Crippen molar-refractivity contribution in [2.75, 3.05) is 25.6 Å². The van der Waals surface area contributed by atoms with E-state index in [4.69, 9.17) is 14.6 Å². The summed E-state index contributed by atoms with van der Waals surface area (Å²) in [6, 6.07) is 7.51. The zero-order valence-corrected chi connectivity index (χ0v) is 19.3. The second-order valence-electron chi connectivity index (χ2n) is 8.55. The quantitative estimate of drug-likeness (QED) is 0.370. The Hall–Kier alpha value is -3.38. The maximum absolute atomic E-state index is 12.9. The van der Waals surface area contributed by atoms with E-state index in [-0.39, 0.29) is 18.8 Å². The number of aromatic nitrogens is 6. The first-order chi connectivity index (χ1) is 17.1. The molecule has 2 N–H and O–H groups in total. The molecule has 3 aromatic heterocycles. The van der Waals surface area contributed by atoms with Crippen molar-refractivity contribution in [3.8, 4) is 17.0 Å². The molecule has 0 unspecified atom stereocenters. The van der Waals surface area contributed by atoms with Gasteiger partial charge >= 0.3 is 0 Å². The molecular formula is C23H27F2N7O3. The van der Waals surface area contributed by atoms with E-state index < -0.39 is 13.0 Å². The van der Waals surface area contributed by atoms with Crippen LogP contribution < -0.4 is 10.1 Å². The number of benzene rings is 1. The van der Waals surface area contributed by atoms with E-state index in [9.17, 15) is 8.78 Å². The summed E-state index contributed by atoms with van der Waals surface area (Å²) < 4.78 is 40.0. The number of alkyl halides is 2. The first-order valence-electron chi connectivity index (χ1n) is 11.6. The fourth-order valence-corrected chi connectivity index (χ4v) is 4.60. The Morgan fingerprint density at radius 1 is 1.20 bits per heavy atom. The zero-order valence-electron chi connectivity index (χ0n) is 19.3. The van der Waals surface area contributed by atoms with Crippen LogP contribution in [0.15, 0.2) is 30.5 Å². The van der Waals surface area contributed by atoms with E-state index in [2.05, 4.69) is 25.7 Å². The summed E-state index contributed by atoms with van der Waals surface area (Å²) in [4.78, 5) is 4.59. The third-order valence-corrected chi connectivity index (χ3v) is 6.26. The molecule has 0 atom stereocenters. The maximum Gasteiger partial charge on any atom is 0.258 e. The van der Waals surface area contributed by atoms with Gasteiger partial charge in [0, 0.05) is 17.8 Å². The van der Waals surface area contributed by atoms with E-state index in [0.717, 1.165) is 36.8 Å². The van der Waals surface area contributed by atoms with Gasteiger partial charge in [-0.25, -0.2) is 18.0 Å². The second-order valence-corrected chi connectivity index (χ2v) is 8.55. The molecule has 35 heavy (non-hydrogen) atoms. The van der Waals surface area contributed by atoms with Crippen LogP contribution in [0, 0.1) is 0 Å². The molecule has 0 aliphatic heterocycles. The van der Waals surface area contributed by atoms with Crippen LogP contribution in [0.2, 0.25) is 0 Å². The smallest absolute Gasteiger partial charge is 0.258 e. The van der Waals surface area contributed by atoms with E-state index >= 15 is 0 Å². The lowest BCUT2D eigenvalue weighted by Crippen LogP contribution is -2.31. The van der Waals surface area contributed by atoms with Crippen molar-refractivity contribution in [1.29, 1.82) is 0 Å². The van der Waals surface area contributed by atoms with Gasteiger partial charge in [-0.2, -0.15) is 4.98 Å². The van der Waals surface area contributed by atoms with Crippen LogP contribution in [0.5, 0.6) is 5.88 Å². The number of hydrogen-bond acceptors (Lipinski definition) is 8. The number of halogens is 2. The highest BCUT2D eigenvalue weighted by Crippen LogP contribution is 2.33. The van der Waals surface area contributed by atoms with Gasteiger partial charge in [0.15, 0.2) is 0 Å². The lowest BCUT2D eigenvalue weighted by molar-refractivity contribution is 0.00718. The lowest BCUT2D eigenvalue weighted by Gasteiger charge is -2.29. The maximum atomic E-state index is 12.9. The Bertz CT molecular complexity index is 1300. The van der Waals surface area contributed by atoms with Crippen LogP contribution in [-0.4, -0.2) is 73.6 Å². The molecule has 0 spiro atoms. The van der Waals surface area contributed by atoms with Crippen molar-refractivity contribution in [1.82, 2.24) is 29.6 Å². The van der Waals surface area contributed by atoms with E-state index in [1.54, 1.807) is 23.8 Å². The normalized spacial score (nSPS) is 18.5. The molecule has 10 nitrogen and oxygen atoms in total. The summed E-state index contributed by atoms with van der Waals surface area (Å²) in [6.45, 7) is -0.115. The molecule has 4 aromatic rings. The number of anilines is 1.